The zero-order valence-corrected chi connectivity index (χ0v) is 8.41. The van der Waals surface area contributed by atoms with Gasteiger partial charge in [-0.25, -0.2) is 0 Å². The summed E-state index contributed by atoms with van der Waals surface area (Å²) in [7, 11) is 0. The molecule has 0 saturated carbocycles. The van der Waals surface area contributed by atoms with Crippen molar-refractivity contribution < 1.29 is 6.85 Å². The van der Waals surface area contributed by atoms with Crippen LogP contribution >= 0.6 is 38.6 Å². The van der Waals surface area contributed by atoms with Gasteiger partial charge in [0.05, 0.1) is 11.7 Å². The van der Waals surface area contributed by atoms with E-state index in [-0.39, 0.29) is 28.8 Å². The molecule has 0 aromatic carbocycles. The van der Waals surface area contributed by atoms with Crippen LogP contribution in [-0.4, -0.2) is 0 Å². The number of thiophene rings is 2. The minimum absolute atomic E-state index is 0.00282. The van der Waals surface area contributed by atoms with Gasteiger partial charge in [0, 0.05) is 9.35 Å². The van der Waals surface area contributed by atoms with Crippen LogP contribution in [0.25, 0.3) is 9.75 Å². The average molecular weight is 250 g/mol. The summed E-state index contributed by atoms with van der Waals surface area (Å²) in [6, 6.07) is -0.0128. The summed E-state index contributed by atoms with van der Waals surface area (Å²) in [5.74, 6) is 0. The van der Waals surface area contributed by atoms with Crippen molar-refractivity contribution in [1.82, 2.24) is 0 Å². The summed E-state index contributed by atoms with van der Waals surface area (Å²) in [6.45, 7) is 0. The molecule has 2 aromatic heterocycles. The summed E-state index contributed by atoms with van der Waals surface area (Å²) < 4.78 is 38.2. The van der Waals surface area contributed by atoms with E-state index in [2.05, 4.69) is 15.9 Å². The Morgan fingerprint density at radius 1 is 1.27 bits per heavy atom. The van der Waals surface area contributed by atoms with Gasteiger partial charge in [-0.2, -0.15) is 0 Å². The minimum atomic E-state index is -0.0987. The standard InChI is InChI=1S/C8H5BrS2/c9-6-3-5-11-8(6)7-2-1-4-10-7/h1-5H/i1D,2D,3D,4D,5D. The third-order valence-corrected chi connectivity index (χ3v) is 3.62. The summed E-state index contributed by atoms with van der Waals surface area (Å²) >= 11 is 5.33. The maximum absolute atomic E-state index is 7.70. The summed E-state index contributed by atoms with van der Waals surface area (Å²) in [5.41, 5.74) is 0. The van der Waals surface area contributed by atoms with E-state index >= 15 is 0 Å². The monoisotopic (exact) mass is 249 g/mol. The van der Waals surface area contributed by atoms with E-state index in [1.54, 1.807) is 0 Å². The SMILES string of the molecule is [2H]c1sc(-c2sc([2H])c([2H])c2Br)c([2H])c1[2H]. The molecule has 0 atom stereocenters. The fourth-order valence-corrected chi connectivity index (χ4v) is 2.75. The van der Waals surface area contributed by atoms with Gasteiger partial charge in [-0.3, -0.25) is 0 Å². The van der Waals surface area contributed by atoms with Gasteiger partial charge in [0.2, 0.25) is 0 Å². The van der Waals surface area contributed by atoms with Crippen LogP contribution in [0.15, 0.2) is 33.3 Å². The Balaban J connectivity index is 2.68. The molecule has 0 saturated heterocycles. The second-order valence-electron chi connectivity index (χ2n) is 1.76. The highest BCUT2D eigenvalue weighted by Gasteiger charge is 2.03. The van der Waals surface area contributed by atoms with Crippen LogP contribution in [0.3, 0.4) is 0 Å². The van der Waals surface area contributed by atoms with Crippen LogP contribution < -0.4 is 0 Å². The van der Waals surface area contributed by atoms with Crippen LogP contribution in [-0.2, 0) is 0 Å². The first-order valence-corrected chi connectivity index (χ1v) is 5.18. The lowest BCUT2D eigenvalue weighted by atomic mass is 10.4. The molecule has 2 rings (SSSR count). The van der Waals surface area contributed by atoms with Crippen LogP contribution in [0, 0.1) is 0 Å². The van der Waals surface area contributed by atoms with E-state index in [9.17, 15) is 0 Å². The average Bonchev–Trinajstić information content (AvgIpc) is 2.64. The first kappa shape index (κ1) is 3.73. The van der Waals surface area contributed by atoms with E-state index in [1.807, 2.05) is 0 Å². The van der Waals surface area contributed by atoms with E-state index in [0.29, 0.717) is 14.2 Å². The largest absolute Gasteiger partial charge is 0.143 e. The highest BCUT2D eigenvalue weighted by atomic mass is 79.9. The lowest BCUT2D eigenvalue weighted by molar-refractivity contribution is 1.85. The predicted octanol–water partition coefficient (Wildman–Crippen LogP) is 4.24. The molecule has 3 heteroatoms. The third-order valence-electron chi connectivity index (χ3n) is 1.10. The molecule has 0 bridgehead atoms. The van der Waals surface area contributed by atoms with Gasteiger partial charge >= 0.3 is 0 Å². The molecule has 0 nitrogen and oxygen atoms in total. The molecular formula is C8H5BrS2. The van der Waals surface area contributed by atoms with Gasteiger partial charge in [0.15, 0.2) is 0 Å². The highest BCUT2D eigenvalue weighted by Crippen LogP contribution is 2.35. The molecule has 0 amide bonds. The zero-order valence-electron chi connectivity index (χ0n) is 10.2. The van der Waals surface area contributed by atoms with Crippen LogP contribution in [0.5, 0.6) is 0 Å². The zero-order chi connectivity index (χ0) is 12.0. The predicted molar refractivity (Wildman–Crippen MR) is 55.3 cm³/mol. The van der Waals surface area contributed by atoms with Gasteiger partial charge in [0.1, 0.15) is 0 Å². The Kier molecular flexibility index (Phi) is 1.05. The van der Waals surface area contributed by atoms with Crippen molar-refractivity contribution >= 4 is 38.6 Å². The van der Waals surface area contributed by atoms with Crippen molar-refractivity contribution in [3.8, 4) is 9.75 Å². The summed E-state index contributed by atoms with van der Waals surface area (Å²) in [5, 5.41) is 0.158. The van der Waals surface area contributed by atoms with E-state index < -0.39 is 0 Å². The van der Waals surface area contributed by atoms with Gasteiger partial charge in [-0.15, -0.1) is 22.7 Å². The summed E-state index contributed by atoms with van der Waals surface area (Å²) in [4.78, 5) is 1.08. The van der Waals surface area contributed by atoms with E-state index in [1.165, 1.54) is 0 Å². The van der Waals surface area contributed by atoms with Crippen molar-refractivity contribution in [2.75, 3.05) is 0 Å². The molecular weight excluding hydrogens is 240 g/mol. The normalized spacial score (nSPS) is 16.6. The van der Waals surface area contributed by atoms with Gasteiger partial charge in [0.25, 0.3) is 0 Å². The fraction of sp³-hybridized carbons (Fsp3) is 0. The Labute approximate surface area is 88.7 Å². The first-order chi connectivity index (χ1) is 7.43. The lowest BCUT2D eigenvalue weighted by Gasteiger charge is -1.90. The van der Waals surface area contributed by atoms with Crippen LogP contribution in [0.4, 0.5) is 0 Å². The van der Waals surface area contributed by atoms with Crippen molar-refractivity contribution in [2.45, 2.75) is 0 Å². The molecule has 0 N–H and O–H groups in total. The Bertz CT molecular complexity index is 509. The maximum atomic E-state index is 7.70. The Morgan fingerprint density at radius 2 is 2.18 bits per heavy atom. The van der Waals surface area contributed by atoms with Gasteiger partial charge in [-0.05, 0) is 38.7 Å². The molecule has 2 aromatic rings. The van der Waals surface area contributed by atoms with Crippen molar-refractivity contribution in [3.63, 3.8) is 0 Å². The van der Waals surface area contributed by atoms with Gasteiger partial charge < -0.3 is 0 Å². The quantitative estimate of drug-likeness (QED) is 0.710. The molecule has 2 heterocycles. The summed E-state index contributed by atoms with van der Waals surface area (Å²) in [6.07, 6.45) is 0. The maximum Gasteiger partial charge on any atom is 0.0740 e. The van der Waals surface area contributed by atoms with Crippen molar-refractivity contribution in [3.05, 3.63) is 33.3 Å². The number of hydrogen-bond acceptors (Lipinski definition) is 2. The van der Waals surface area contributed by atoms with Gasteiger partial charge in [-0.1, -0.05) is 6.04 Å². The number of halogens is 1. The third kappa shape index (κ3) is 1.41. The molecule has 0 aliphatic heterocycles. The van der Waals surface area contributed by atoms with Crippen LogP contribution in [0.1, 0.15) is 6.85 Å². The Morgan fingerprint density at radius 3 is 2.73 bits per heavy atom. The topological polar surface area (TPSA) is 0 Å². The highest BCUT2D eigenvalue weighted by molar-refractivity contribution is 9.10. The molecule has 11 heavy (non-hydrogen) atoms. The molecule has 56 valence electrons. The van der Waals surface area contributed by atoms with Crippen LogP contribution in [0.2, 0.25) is 0 Å². The molecule has 0 aliphatic rings. The molecule has 0 aliphatic carbocycles. The fourth-order valence-electron chi connectivity index (χ4n) is 0.656. The molecule has 0 spiro atoms. The van der Waals surface area contributed by atoms with Crippen molar-refractivity contribution in [1.29, 1.82) is 0 Å². The minimum Gasteiger partial charge on any atom is -0.143 e. The molecule has 0 radical (unpaired) electrons. The lowest BCUT2D eigenvalue weighted by Crippen LogP contribution is -1.60. The van der Waals surface area contributed by atoms with E-state index in [4.69, 9.17) is 6.85 Å². The number of hydrogen-bond donors (Lipinski definition) is 0. The number of rotatable bonds is 1. The molecule has 0 fully saturated rings. The second-order valence-corrected chi connectivity index (χ2v) is 4.18. The second kappa shape index (κ2) is 3.09. The first-order valence-electron chi connectivity index (χ1n) is 5.26. The van der Waals surface area contributed by atoms with Crippen molar-refractivity contribution in [2.24, 2.45) is 0 Å². The Hall–Kier alpha value is -0.120. The molecule has 0 unspecified atom stereocenters. The smallest absolute Gasteiger partial charge is 0.0740 e. The van der Waals surface area contributed by atoms with E-state index in [0.717, 1.165) is 22.7 Å².